The maximum absolute atomic E-state index is 13.2. The van der Waals surface area contributed by atoms with E-state index in [-0.39, 0.29) is 29.8 Å². The molecule has 0 saturated heterocycles. The van der Waals surface area contributed by atoms with Crippen molar-refractivity contribution in [1.29, 1.82) is 0 Å². The van der Waals surface area contributed by atoms with Crippen LogP contribution in [0.1, 0.15) is 16.8 Å². The highest BCUT2D eigenvalue weighted by Gasteiger charge is 2.25. The normalized spacial score (nSPS) is 11.3. The van der Waals surface area contributed by atoms with Gasteiger partial charge in [0, 0.05) is 20.2 Å². The second kappa shape index (κ2) is 11.6. The molecule has 2 aromatic carbocycles. The van der Waals surface area contributed by atoms with E-state index in [1.807, 2.05) is 36.4 Å². The second-order valence-corrected chi connectivity index (χ2v) is 9.53. The maximum atomic E-state index is 13.2. The average Bonchev–Trinajstić information content (AvgIpc) is 3.22. The first kappa shape index (κ1) is 24.4. The molecular weight excluding hydrogens is 438 g/mol. The summed E-state index contributed by atoms with van der Waals surface area (Å²) in [6.45, 7) is 4.95. The molecule has 0 N–H and O–H groups in total. The van der Waals surface area contributed by atoms with E-state index >= 15 is 0 Å². The fourth-order valence-electron chi connectivity index (χ4n) is 3.53. The van der Waals surface area contributed by atoms with E-state index < -0.39 is 9.84 Å². The van der Waals surface area contributed by atoms with Crippen molar-refractivity contribution in [3.63, 3.8) is 0 Å². The summed E-state index contributed by atoms with van der Waals surface area (Å²) < 4.78 is 33.2. The minimum Gasteiger partial charge on any atom is -0.383 e. The number of amides is 1. The Hall–Kier alpha value is -3.23. The van der Waals surface area contributed by atoms with Crippen LogP contribution in [-0.2, 0) is 44.6 Å². The predicted octanol–water partition coefficient (Wildman–Crippen LogP) is 3.26. The minimum atomic E-state index is -3.70. The number of ether oxygens (including phenoxy) is 1. The zero-order valence-electron chi connectivity index (χ0n) is 18.8. The van der Waals surface area contributed by atoms with Crippen molar-refractivity contribution in [2.45, 2.75) is 30.4 Å². The first-order chi connectivity index (χ1) is 15.9. The van der Waals surface area contributed by atoms with Gasteiger partial charge < -0.3 is 14.2 Å². The van der Waals surface area contributed by atoms with Crippen LogP contribution in [0.25, 0.3) is 0 Å². The number of sulfone groups is 1. The van der Waals surface area contributed by atoms with Crippen LogP contribution in [0, 0.1) is 0 Å². The minimum absolute atomic E-state index is 0.0209. The monoisotopic (exact) mass is 467 g/mol. The first-order valence-electron chi connectivity index (χ1n) is 10.7. The maximum Gasteiger partial charge on any atom is 0.228 e. The largest absolute Gasteiger partial charge is 0.383 e. The standard InChI is InChI=1S/C25H29N3O4S/c1-3-14-27(24(29)17-21-10-6-4-7-11-21)19-23-18-26-25(28(23)15-16-32-2)33(30,31)20-22-12-8-5-9-13-22/h3-13,18H,1,14-17,19-20H2,2H3. The van der Waals surface area contributed by atoms with Crippen molar-refractivity contribution in [2.24, 2.45) is 0 Å². The molecule has 8 heteroatoms. The summed E-state index contributed by atoms with van der Waals surface area (Å²) in [5, 5.41) is -0.0209. The number of hydrogen-bond acceptors (Lipinski definition) is 5. The van der Waals surface area contributed by atoms with Crippen LogP contribution in [0.2, 0.25) is 0 Å². The van der Waals surface area contributed by atoms with Gasteiger partial charge in [0.1, 0.15) is 0 Å². The molecule has 0 unspecified atom stereocenters. The lowest BCUT2D eigenvalue weighted by Gasteiger charge is -2.22. The molecule has 1 aromatic heterocycles. The number of aromatic nitrogens is 2. The highest BCUT2D eigenvalue weighted by atomic mass is 32.2. The zero-order chi connectivity index (χ0) is 23.7. The summed E-state index contributed by atoms with van der Waals surface area (Å²) in [7, 11) is -2.14. The van der Waals surface area contributed by atoms with Crippen LogP contribution < -0.4 is 0 Å². The third-order valence-electron chi connectivity index (χ3n) is 5.15. The van der Waals surface area contributed by atoms with Crippen LogP contribution in [0.3, 0.4) is 0 Å². The van der Waals surface area contributed by atoms with E-state index in [0.29, 0.717) is 31.0 Å². The Balaban J connectivity index is 1.87. The van der Waals surface area contributed by atoms with Gasteiger partial charge in [0.15, 0.2) is 0 Å². The SMILES string of the molecule is C=CCN(Cc1cnc(S(=O)(=O)Cc2ccccc2)n1CCOC)C(=O)Cc1ccccc1. The molecule has 0 radical (unpaired) electrons. The number of hydrogen-bond donors (Lipinski definition) is 0. The van der Waals surface area contributed by atoms with Crippen molar-refractivity contribution in [2.75, 3.05) is 20.3 Å². The molecule has 3 aromatic rings. The van der Waals surface area contributed by atoms with Gasteiger partial charge in [-0.2, -0.15) is 0 Å². The van der Waals surface area contributed by atoms with Gasteiger partial charge in [0.05, 0.1) is 37.2 Å². The van der Waals surface area contributed by atoms with Gasteiger partial charge in [0.25, 0.3) is 0 Å². The van der Waals surface area contributed by atoms with E-state index in [9.17, 15) is 13.2 Å². The molecule has 0 atom stereocenters. The highest BCUT2D eigenvalue weighted by Crippen LogP contribution is 2.19. The molecule has 174 valence electrons. The second-order valence-electron chi connectivity index (χ2n) is 7.65. The van der Waals surface area contributed by atoms with Gasteiger partial charge in [-0.25, -0.2) is 13.4 Å². The van der Waals surface area contributed by atoms with Gasteiger partial charge in [0.2, 0.25) is 20.9 Å². The molecule has 0 spiro atoms. The molecule has 7 nitrogen and oxygen atoms in total. The third-order valence-corrected chi connectivity index (χ3v) is 6.75. The van der Waals surface area contributed by atoms with Gasteiger partial charge >= 0.3 is 0 Å². The van der Waals surface area contributed by atoms with Gasteiger partial charge in [-0.1, -0.05) is 66.7 Å². The van der Waals surface area contributed by atoms with Gasteiger partial charge in [-0.15, -0.1) is 6.58 Å². The van der Waals surface area contributed by atoms with Gasteiger partial charge in [-0.05, 0) is 11.1 Å². The Morgan fingerprint density at radius 3 is 2.33 bits per heavy atom. The Morgan fingerprint density at radius 2 is 1.73 bits per heavy atom. The Labute approximate surface area is 195 Å². The molecule has 0 aliphatic carbocycles. The van der Waals surface area contributed by atoms with Crippen molar-refractivity contribution in [3.05, 3.63) is 96.3 Å². The molecule has 0 saturated carbocycles. The van der Waals surface area contributed by atoms with Crippen molar-refractivity contribution in [3.8, 4) is 0 Å². The van der Waals surface area contributed by atoms with Crippen molar-refractivity contribution in [1.82, 2.24) is 14.5 Å². The van der Waals surface area contributed by atoms with Gasteiger partial charge in [-0.3, -0.25) is 4.79 Å². The van der Waals surface area contributed by atoms with Crippen molar-refractivity contribution < 1.29 is 17.9 Å². The molecule has 0 aliphatic rings. The summed E-state index contributed by atoms with van der Waals surface area (Å²) in [4.78, 5) is 18.9. The number of benzene rings is 2. The molecular formula is C25H29N3O4S. The predicted molar refractivity (Wildman–Crippen MR) is 127 cm³/mol. The smallest absolute Gasteiger partial charge is 0.228 e. The van der Waals surface area contributed by atoms with Crippen LogP contribution in [0.5, 0.6) is 0 Å². The van der Waals surface area contributed by atoms with Crippen LogP contribution in [0.15, 0.2) is 84.7 Å². The lowest BCUT2D eigenvalue weighted by Crippen LogP contribution is -2.33. The molecule has 1 amide bonds. The zero-order valence-corrected chi connectivity index (χ0v) is 19.6. The van der Waals surface area contributed by atoms with E-state index in [2.05, 4.69) is 11.6 Å². The van der Waals surface area contributed by atoms with E-state index in [4.69, 9.17) is 4.74 Å². The summed E-state index contributed by atoms with van der Waals surface area (Å²) in [5.74, 6) is -0.227. The molecule has 33 heavy (non-hydrogen) atoms. The number of imidazole rings is 1. The summed E-state index contributed by atoms with van der Waals surface area (Å²) in [6.07, 6.45) is 3.44. The lowest BCUT2D eigenvalue weighted by atomic mass is 10.1. The number of carbonyl (C=O) groups excluding carboxylic acids is 1. The number of methoxy groups -OCH3 is 1. The topological polar surface area (TPSA) is 81.5 Å². The van der Waals surface area contributed by atoms with E-state index in [0.717, 1.165) is 5.56 Å². The summed E-state index contributed by atoms with van der Waals surface area (Å²) in [6, 6.07) is 18.5. The molecule has 0 bridgehead atoms. The lowest BCUT2D eigenvalue weighted by molar-refractivity contribution is -0.130. The number of carbonyl (C=O) groups is 1. The summed E-state index contributed by atoms with van der Waals surface area (Å²) in [5.41, 5.74) is 2.23. The Bertz CT molecular complexity index is 1160. The number of rotatable bonds is 12. The average molecular weight is 468 g/mol. The number of nitrogens with zero attached hydrogens (tertiary/aromatic N) is 3. The van der Waals surface area contributed by atoms with Crippen molar-refractivity contribution >= 4 is 15.7 Å². The fraction of sp³-hybridized carbons (Fsp3) is 0.280. The molecule has 0 fully saturated rings. The quantitative estimate of drug-likeness (QED) is 0.382. The molecule has 3 rings (SSSR count). The Morgan fingerprint density at radius 1 is 1.09 bits per heavy atom. The van der Waals surface area contributed by atoms with Crippen LogP contribution in [0.4, 0.5) is 0 Å². The van der Waals surface area contributed by atoms with E-state index in [1.54, 1.807) is 46.9 Å². The third kappa shape index (κ3) is 6.63. The van der Waals surface area contributed by atoms with E-state index in [1.165, 1.54) is 6.20 Å². The van der Waals surface area contributed by atoms with Crippen LogP contribution in [-0.4, -0.2) is 49.0 Å². The molecule has 0 aliphatic heterocycles. The fourth-order valence-corrected chi connectivity index (χ4v) is 5.05. The first-order valence-corrected chi connectivity index (χ1v) is 12.3. The highest BCUT2D eigenvalue weighted by molar-refractivity contribution is 7.90. The summed E-state index contributed by atoms with van der Waals surface area (Å²) >= 11 is 0. The molecule has 1 heterocycles. The Kier molecular flexibility index (Phi) is 8.57. The van der Waals surface area contributed by atoms with Crippen LogP contribution >= 0.6 is 0 Å².